The Bertz CT molecular complexity index is 734. The first kappa shape index (κ1) is 19.5. The SMILES string of the molecule is CC(C)Nc1nnc(SC(C)C(=O)Nc2cccc(C(F)(F)F)c2)s1. The summed E-state index contributed by atoms with van der Waals surface area (Å²) in [4.78, 5) is 12.2. The van der Waals surface area contributed by atoms with Gasteiger partial charge in [-0.05, 0) is 39.0 Å². The van der Waals surface area contributed by atoms with E-state index in [9.17, 15) is 18.0 Å². The molecule has 25 heavy (non-hydrogen) atoms. The third-order valence-corrected chi connectivity index (χ3v) is 4.96. The van der Waals surface area contributed by atoms with Crippen molar-refractivity contribution < 1.29 is 18.0 Å². The van der Waals surface area contributed by atoms with Crippen molar-refractivity contribution in [2.75, 3.05) is 10.6 Å². The van der Waals surface area contributed by atoms with E-state index in [-0.39, 0.29) is 11.7 Å². The first-order chi connectivity index (χ1) is 11.6. The lowest BCUT2D eigenvalue weighted by molar-refractivity contribution is -0.137. The van der Waals surface area contributed by atoms with E-state index < -0.39 is 22.9 Å². The van der Waals surface area contributed by atoms with Crippen LogP contribution in [0.2, 0.25) is 0 Å². The molecule has 1 aromatic carbocycles. The molecule has 1 unspecified atom stereocenters. The number of carbonyl (C=O) groups is 1. The number of benzene rings is 1. The van der Waals surface area contributed by atoms with Crippen molar-refractivity contribution in [1.29, 1.82) is 0 Å². The molecule has 1 atom stereocenters. The highest BCUT2D eigenvalue weighted by atomic mass is 32.2. The summed E-state index contributed by atoms with van der Waals surface area (Å²) >= 11 is 2.52. The molecular weight excluding hydrogens is 373 g/mol. The summed E-state index contributed by atoms with van der Waals surface area (Å²) in [5, 5.41) is 13.7. The minimum atomic E-state index is -4.45. The van der Waals surface area contributed by atoms with Crippen LogP contribution in [-0.4, -0.2) is 27.4 Å². The monoisotopic (exact) mass is 390 g/mol. The smallest absolute Gasteiger partial charge is 0.358 e. The normalized spacial score (nSPS) is 12.9. The summed E-state index contributed by atoms with van der Waals surface area (Å²) in [7, 11) is 0. The molecule has 0 saturated carbocycles. The summed E-state index contributed by atoms with van der Waals surface area (Å²) in [5.41, 5.74) is -0.703. The topological polar surface area (TPSA) is 66.9 Å². The summed E-state index contributed by atoms with van der Waals surface area (Å²) in [6, 6.07) is 4.75. The summed E-state index contributed by atoms with van der Waals surface area (Å²) < 4.78 is 38.7. The average molecular weight is 390 g/mol. The minimum Gasteiger partial charge on any atom is -0.358 e. The Labute approximate surface area is 151 Å². The van der Waals surface area contributed by atoms with Crippen molar-refractivity contribution in [2.24, 2.45) is 0 Å². The van der Waals surface area contributed by atoms with E-state index in [1.54, 1.807) is 6.92 Å². The van der Waals surface area contributed by atoms with E-state index in [0.29, 0.717) is 9.47 Å². The maximum absolute atomic E-state index is 12.7. The van der Waals surface area contributed by atoms with Gasteiger partial charge in [0.1, 0.15) is 0 Å². The van der Waals surface area contributed by atoms with Crippen LogP contribution in [0.4, 0.5) is 24.0 Å². The Hall–Kier alpha value is -1.81. The second kappa shape index (κ2) is 8.05. The molecule has 0 aliphatic rings. The lowest BCUT2D eigenvalue weighted by Gasteiger charge is -2.12. The van der Waals surface area contributed by atoms with Gasteiger partial charge in [0.2, 0.25) is 11.0 Å². The van der Waals surface area contributed by atoms with Crippen LogP contribution in [0.5, 0.6) is 0 Å². The maximum Gasteiger partial charge on any atom is 0.416 e. The molecule has 0 spiro atoms. The first-order valence-electron chi connectivity index (χ1n) is 7.40. The van der Waals surface area contributed by atoms with E-state index >= 15 is 0 Å². The van der Waals surface area contributed by atoms with Crippen LogP contribution in [0, 0.1) is 0 Å². The van der Waals surface area contributed by atoms with Crippen molar-refractivity contribution in [3.05, 3.63) is 29.8 Å². The molecule has 0 saturated heterocycles. The molecule has 0 aliphatic heterocycles. The van der Waals surface area contributed by atoms with Crippen molar-refractivity contribution in [2.45, 2.75) is 42.6 Å². The van der Waals surface area contributed by atoms with E-state index in [2.05, 4.69) is 20.8 Å². The van der Waals surface area contributed by atoms with Crippen LogP contribution in [0.25, 0.3) is 0 Å². The minimum absolute atomic E-state index is 0.103. The highest BCUT2D eigenvalue weighted by Crippen LogP contribution is 2.32. The number of rotatable bonds is 6. The Balaban J connectivity index is 1.97. The van der Waals surface area contributed by atoms with Gasteiger partial charge in [-0.25, -0.2) is 0 Å². The van der Waals surface area contributed by atoms with Crippen LogP contribution < -0.4 is 10.6 Å². The van der Waals surface area contributed by atoms with Gasteiger partial charge in [-0.15, -0.1) is 10.2 Å². The van der Waals surface area contributed by atoms with Crippen LogP contribution >= 0.6 is 23.1 Å². The van der Waals surface area contributed by atoms with E-state index in [1.807, 2.05) is 13.8 Å². The number of nitrogens with zero attached hydrogens (tertiary/aromatic N) is 2. The van der Waals surface area contributed by atoms with E-state index in [4.69, 9.17) is 0 Å². The Morgan fingerprint density at radius 2 is 1.96 bits per heavy atom. The summed E-state index contributed by atoms with van der Waals surface area (Å²) in [6.45, 7) is 5.60. The molecule has 1 amide bonds. The molecule has 2 aromatic rings. The predicted octanol–water partition coefficient (Wildman–Crippen LogP) is 4.50. The third kappa shape index (κ3) is 5.89. The molecule has 0 aliphatic carbocycles. The standard InChI is InChI=1S/C15H17F3N4OS2/c1-8(2)19-13-21-22-14(25-13)24-9(3)12(23)20-11-6-4-5-10(7-11)15(16,17)18/h4-9H,1-3H3,(H,19,21)(H,20,23). The highest BCUT2D eigenvalue weighted by Gasteiger charge is 2.30. The Morgan fingerprint density at radius 1 is 1.24 bits per heavy atom. The molecule has 2 rings (SSSR count). The fourth-order valence-corrected chi connectivity index (χ4v) is 3.83. The van der Waals surface area contributed by atoms with Gasteiger partial charge >= 0.3 is 6.18 Å². The lowest BCUT2D eigenvalue weighted by atomic mass is 10.2. The lowest BCUT2D eigenvalue weighted by Crippen LogP contribution is -2.22. The maximum atomic E-state index is 12.7. The van der Waals surface area contributed by atoms with Crippen LogP contribution in [0.1, 0.15) is 26.3 Å². The van der Waals surface area contributed by atoms with Gasteiger partial charge in [0.05, 0.1) is 10.8 Å². The number of hydrogen-bond acceptors (Lipinski definition) is 6. The number of hydrogen-bond donors (Lipinski definition) is 2. The summed E-state index contributed by atoms with van der Waals surface area (Å²) in [6.07, 6.45) is -4.45. The highest BCUT2D eigenvalue weighted by molar-refractivity contribution is 8.02. The number of thioether (sulfide) groups is 1. The third-order valence-electron chi connectivity index (χ3n) is 2.92. The van der Waals surface area contributed by atoms with Crippen LogP contribution in [-0.2, 0) is 11.0 Å². The molecule has 1 aromatic heterocycles. The molecular formula is C15H17F3N4OS2. The van der Waals surface area contributed by atoms with E-state index in [1.165, 1.54) is 35.2 Å². The second-order valence-electron chi connectivity index (χ2n) is 5.50. The number of amides is 1. The molecule has 10 heteroatoms. The van der Waals surface area contributed by atoms with Gasteiger partial charge in [-0.1, -0.05) is 29.2 Å². The first-order valence-corrected chi connectivity index (χ1v) is 9.09. The molecule has 0 radical (unpaired) electrons. The molecule has 1 heterocycles. The fourth-order valence-electron chi connectivity index (χ4n) is 1.78. The van der Waals surface area contributed by atoms with Gasteiger partial charge in [-0.2, -0.15) is 13.2 Å². The fraction of sp³-hybridized carbons (Fsp3) is 0.400. The Morgan fingerprint density at radius 3 is 2.60 bits per heavy atom. The van der Waals surface area contributed by atoms with Gasteiger partial charge in [0.25, 0.3) is 0 Å². The van der Waals surface area contributed by atoms with Crippen molar-refractivity contribution in [3.63, 3.8) is 0 Å². The Kier molecular flexibility index (Phi) is 6.28. The van der Waals surface area contributed by atoms with Gasteiger partial charge in [0.15, 0.2) is 4.34 Å². The van der Waals surface area contributed by atoms with E-state index in [0.717, 1.165) is 12.1 Å². The molecule has 5 nitrogen and oxygen atoms in total. The molecule has 0 fully saturated rings. The number of nitrogens with one attached hydrogen (secondary N) is 2. The largest absolute Gasteiger partial charge is 0.416 e. The number of aromatic nitrogens is 2. The molecule has 136 valence electrons. The second-order valence-corrected chi connectivity index (χ2v) is 8.07. The van der Waals surface area contributed by atoms with Gasteiger partial charge in [0, 0.05) is 11.7 Å². The van der Waals surface area contributed by atoms with Crippen molar-refractivity contribution in [3.8, 4) is 0 Å². The number of halogens is 3. The summed E-state index contributed by atoms with van der Waals surface area (Å²) in [5.74, 6) is -0.405. The number of carbonyl (C=O) groups excluding carboxylic acids is 1. The van der Waals surface area contributed by atoms with Gasteiger partial charge in [-0.3, -0.25) is 4.79 Å². The quantitative estimate of drug-likeness (QED) is 0.711. The molecule has 2 N–H and O–H groups in total. The van der Waals surface area contributed by atoms with Crippen LogP contribution in [0.3, 0.4) is 0 Å². The zero-order valence-corrected chi connectivity index (χ0v) is 15.4. The zero-order chi connectivity index (χ0) is 18.6. The van der Waals surface area contributed by atoms with Crippen molar-refractivity contribution in [1.82, 2.24) is 10.2 Å². The predicted molar refractivity (Wildman–Crippen MR) is 94.1 cm³/mol. The number of alkyl halides is 3. The number of anilines is 2. The molecule has 0 bridgehead atoms. The average Bonchev–Trinajstić information content (AvgIpc) is 2.92. The van der Waals surface area contributed by atoms with Crippen molar-refractivity contribution >= 4 is 39.8 Å². The van der Waals surface area contributed by atoms with Crippen LogP contribution in [0.15, 0.2) is 28.6 Å². The zero-order valence-electron chi connectivity index (χ0n) is 13.7. The van der Waals surface area contributed by atoms with Gasteiger partial charge < -0.3 is 10.6 Å².